The van der Waals surface area contributed by atoms with Gasteiger partial charge in [0.15, 0.2) is 0 Å². The summed E-state index contributed by atoms with van der Waals surface area (Å²) in [5.74, 6) is 1.02. The second-order valence-electron chi connectivity index (χ2n) is 5.20. The third-order valence-electron chi connectivity index (χ3n) is 3.85. The first-order valence-corrected chi connectivity index (χ1v) is 7.23. The number of carbonyl (C=O) groups excluding carboxylic acids is 1. The van der Waals surface area contributed by atoms with Crippen molar-refractivity contribution in [3.05, 3.63) is 30.4 Å². The lowest BCUT2D eigenvalue weighted by atomic mass is 10.2. The van der Waals surface area contributed by atoms with Crippen LogP contribution in [-0.4, -0.2) is 56.3 Å². The topological polar surface area (TPSA) is 59.2 Å². The highest BCUT2D eigenvalue weighted by atomic mass is 16.2. The van der Waals surface area contributed by atoms with Crippen LogP contribution >= 0.6 is 0 Å². The molecule has 0 bridgehead atoms. The van der Waals surface area contributed by atoms with Crippen molar-refractivity contribution in [3.63, 3.8) is 0 Å². The van der Waals surface area contributed by atoms with Crippen LogP contribution in [0.1, 0.15) is 17.3 Å². The summed E-state index contributed by atoms with van der Waals surface area (Å²) in [5, 5.41) is 4.16. The van der Waals surface area contributed by atoms with E-state index in [1.54, 1.807) is 17.1 Å². The van der Waals surface area contributed by atoms with E-state index in [0.29, 0.717) is 18.7 Å². The molecule has 1 fully saturated rings. The number of anilines is 1. The van der Waals surface area contributed by atoms with Crippen LogP contribution in [0.25, 0.3) is 0 Å². The molecular weight excluding hydrogens is 268 g/mol. The predicted octanol–water partition coefficient (Wildman–Crippen LogP) is 0.599. The van der Waals surface area contributed by atoms with Crippen molar-refractivity contribution in [1.29, 1.82) is 0 Å². The van der Waals surface area contributed by atoms with Gasteiger partial charge in [-0.25, -0.2) is 4.98 Å². The van der Waals surface area contributed by atoms with Gasteiger partial charge in [-0.2, -0.15) is 5.10 Å². The summed E-state index contributed by atoms with van der Waals surface area (Å²) in [6, 6.07) is 0. The van der Waals surface area contributed by atoms with Gasteiger partial charge in [-0.15, -0.1) is 0 Å². The molecule has 1 aliphatic rings. The van der Waals surface area contributed by atoms with Gasteiger partial charge in [0.1, 0.15) is 0 Å². The van der Waals surface area contributed by atoms with Crippen LogP contribution in [0, 0.1) is 0 Å². The normalized spacial score (nSPS) is 15.5. The number of aromatic nitrogens is 4. The second-order valence-corrected chi connectivity index (χ2v) is 5.20. The van der Waals surface area contributed by atoms with E-state index in [0.717, 1.165) is 25.6 Å². The fraction of sp³-hybridized carbons (Fsp3) is 0.500. The molecule has 1 amide bonds. The minimum Gasteiger partial charge on any atom is -0.339 e. The standard InChI is InChI=1S/C14H20N6O/c1-3-20-11-12(10-16-20)13(21)18-6-8-19(9-7-18)14-15-4-5-17(14)2/h4-5,10-11H,3,6-9H2,1-2H3. The molecule has 2 aromatic heterocycles. The number of nitrogens with zero attached hydrogens (tertiary/aromatic N) is 6. The molecule has 0 aliphatic carbocycles. The van der Waals surface area contributed by atoms with Gasteiger partial charge in [0.2, 0.25) is 5.95 Å². The minimum absolute atomic E-state index is 0.0641. The lowest BCUT2D eigenvalue weighted by Crippen LogP contribution is -2.49. The first-order chi connectivity index (χ1) is 10.2. The Balaban J connectivity index is 1.63. The Hall–Kier alpha value is -2.31. The average Bonchev–Trinajstić information content (AvgIpc) is 3.15. The Morgan fingerprint density at radius 2 is 2.05 bits per heavy atom. The van der Waals surface area contributed by atoms with Crippen LogP contribution in [0.4, 0.5) is 5.95 Å². The molecule has 3 heterocycles. The van der Waals surface area contributed by atoms with Crippen LogP contribution in [0.3, 0.4) is 0 Å². The number of carbonyl (C=O) groups is 1. The number of aryl methyl sites for hydroxylation is 2. The zero-order valence-electron chi connectivity index (χ0n) is 12.4. The Morgan fingerprint density at radius 1 is 1.29 bits per heavy atom. The molecule has 0 aromatic carbocycles. The summed E-state index contributed by atoms with van der Waals surface area (Å²) >= 11 is 0. The largest absolute Gasteiger partial charge is 0.339 e. The summed E-state index contributed by atoms with van der Waals surface area (Å²) in [6.45, 7) is 5.82. The summed E-state index contributed by atoms with van der Waals surface area (Å²) < 4.78 is 3.78. The number of piperazine rings is 1. The highest BCUT2D eigenvalue weighted by Gasteiger charge is 2.24. The highest BCUT2D eigenvalue weighted by molar-refractivity contribution is 5.93. The Kier molecular flexibility index (Phi) is 3.64. The van der Waals surface area contributed by atoms with E-state index in [4.69, 9.17) is 0 Å². The van der Waals surface area contributed by atoms with E-state index in [9.17, 15) is 4.79 Å². The zero-order chi connectivity index (χ0) is 14.8. The quantitative estimate of drug-likeness (QED) is 0.830. The molecule has 0 saturated carbocycles. The van der Waals surface area contributed by atoms with Crippen molar-refractivity contribution in [1.82, 2.24) is 24.2 Å². The van der Waals surface area contributed by atoms with Crippen LogP contribution in [-0.2, 0) is 13.6 Å². The number of amides is 1. The average molecular weight is 288 g/mol. The number of hydrogen-bond donors (Lipinski definition) is 0. The maximum Gasteiger partial charge on any atom is 0.257 e. The van der Waals surface area contributed by atoms with Crippen molar-refractivity contribution in [2.24, 2.45) is 7.05 Å². The number of hydrogen-bond acceptors (Lipinski definition) is 4. The molecule has 0 unspecified atom stereocenters. The summed E-state index contributed by atoms with van der Waals surface area (Å²) in [4.78, 5) is 20.9. The molecule has 112 valence electrons. The van der Waals surface area contributed by atoms with E-state index in [-0.39, 0.29) is 5.91 Å². The van der Waals surface area contributed by atoms with Gasteiger partial charge in [-0.05, 0) is 6.92 Å². The molecule has 0 radical (unpaired) electrons. The highest BCUT2D eigenvalue weighted by Crippen LogP contribution is 2.14. The van der Waals surface area contributed by atoms with Gasteiger partial charge in [-0.3, -0.25) is 9.48 Å². The lowest BCUT2D eigenvalue weighted by molar-refractivity contribution is 0.0746. The van der Waals surface area contributed by atoms with Gasteiger partial charge < -0.3 is 14.4 Å². The maximum atomic E-state index is 12.4. The SMILES string of the molecule is CCn1cc(C(=O)N2CCN(c3nccn3C)CC2)cn1. The van der Waals surface area contributed by atoms with Gasteiger partial charge in [0, 0.05) is 58.4 Å². The van der Waals surface area contributed by atoms with Crippen molar-refractivity contribution < 1.29 is 4.79 Å². The van der Waals surface area contributed by atoms with E-state index in [2.05, 4.69) is 15.0 Å². The third kappa shape index (κ3) is 2.63. The molecule has 7 heteroatoms. The maximum absolute atomic E-state index is 12.4. The van der Waals surface area contributed by atoms with E-state index in [1.807, 2.05) is 35.8 Å². The fourth-order valence-corrected chi connectivity index (χ4v) is 2.60. The summed E-state index contributed by atoms with van der Waals surface area (Å²) in [6.07, 6.45) is 7.20. The summed E-state index contributed by atoms with van der Waals surface area (Å²) in [7, 11) is 1.99. The second kappa shape index (κ2) is 5.59. The van der Waals surface area contributed by atoms with Gasteiger partial charge >= 0.3 is 0 Å². The molecule has 7 nitrogen and oxygen atoms in total. The lowest BCUT2D eigenvalue weighted by Gasteiger charge is -2.35. The van der Waals surface area contributed by atoms with Crippen molar-refractivity contribution in [2.45, 2.75) is 13.5 Å². The first kappa shape index (κ1) is 13.7. The van der Waals surface area contributed by atoms with E-state index in [1.165, 1.54) is 0 Å². The molecule has 1 aliphatic heterocycles. The molecular formula is C14H20N6O. The van der Waals surface area contributed by atoms with Gasteiger partial charge in [0.25, 0.3) is 5.91 Å². The smallest absolute Gasteiger partial charge is 0.257 e. The third-order valence-corrected chi connectivity index (χ3v) is 3.85. The number of imidazole rings is 1. The molecule has 0 atom stereocenters. The molecule has 2 aromatic rings. The molecule has 0 spiro atoms. The van der Waals surface area contributed by atoms with Crippen molar-refractivity contribution in [2.75, 3.05) is 31.1 Å². The van der Waals surface area contributed by atoms with E-state index >= 15 is 0 Å². The predicted molar refractivity (Wildman–Crippen MR) is 79.2 cm³/mol. The van der Waals surface area contributed by atoms with Crippen LogP contribution in [0.5, 0.6) is 0 Å². The first-order valence-electron chi connectivity index (χ1n) is 7.23. The minimum atomic E-state index is 0.0641. The van der Waals surface area contributed by atoms with Gasteiger partial charge in [-0.1, -0.05) is 0 Å². The Labute approximate surface area is 123 Å². The Bertz CT molecular complexity index is 623. The van der Waals surface area contributed by atoms with Crippen LogP contribution in [0.15, 0.2) is 24.8 Å². The fourth-order valence-electron chi connectivity index (χ4n) is 2.60. The van der Waals surface area contributed by atoms with Crippen molar-refractivity contribution >= 4 is 11.9 Å². The molecule has 3 rings (SSSR count). The molecule has 21 heavy (non-hydrogen) atoms. The Morgan fingerprint density at radius 3 is 2.62 bits per heavy atom. The van der Waals surface area contributed by atoms with Gasteiger partial charge in [0.05, 0.1) is 11.8 Å². The van der Waals surface area contributed by atoms with Crippen molar-refractivity contribution in [3.8, 4) is 0 Å². The summed E-state index contributed by atoms with van der Waals surface area (Å²) in [5.41, 5.74) is 0.669. The van der Waals surface area contributed by atoms with Crippen LogP contribution < -0.4 is 4.90 Å². The molecule has 0 N–H and O–H groups in total. The zero-order valence-corrected chi connectivity index (χ0v) is 12.4. The van der Waals surface area contributed by atoms with E-state index < -0.39 is 0 Å². The van der Waals surface area contributed by atoms with Crippen LogP contribution in [0.2, 0.25) is 0 Å². The number of rotatable bonds is 3. The monoisotopic (exact) mass is 288 g/mol. The molecule has 1 saturated heterocycles.